The Morgan fingerprint density at radius 2 is 1.86 bits per heavy atom. The van der Waals surface area contributed by atoms with Crippen LogP contribution in [0.5, 0.6) is 0 Å². The van der Waals surface area contributed by atoms with E-state index in [4.69, 9.17) is 4.74 Å². The molecular formula is C17H18BrNO2. The summed E-state index contributed by atoms with van der Waals surface area (Å²) >= 11 is 3.48. The molecule has 21 heavy (non-hydrogen) atoms. The van der Waals surface area contributed by atoms with Crippen molar-refractivity contribution >= 4 is 27.6 Å². The van der Waals surface area contributed by atoms with Crippen LogP contribution < -0.4 is 4.90 Å². The fourth-order valence-electron chi connectivity index (χ4n) is 2.17. The van der Waals surface area contributed by atoms with E-state index < -0.39 is 0 Å². The molecule has 4 heteroatoms. The Morgan fingerprint density at radius 3 is 2.52 bits per heavy atom. The van der Waals surface area contributed by atoms with Gasteiger partial charge in [-0.15, -0.1) is 0 Å². The second-order valence-electron chi connectivity index (χ2n) is 4.86. The van der Waals surface area contributed by atoms with Gasteiger partial charge in [-0.1, -0.05) is 46.3 Å². The van der Waals surface area contributed by atoms with Crippen LogP contribution in [0.2, 0.25) is 0 Å². The standard InChI is InChI=1S/C17H18BrNO2/c1-19(16-9-5-8-15(18)11-16)12-14-7-4-3-6-13(14)10-17(20)21-2/h3-9,11H,10,12H2,1-2H3. The van der Waals surface area contributed by atoms with Crippen LogP contribution in [0.1, 0.15) is 11.1 Å². The molecule has 0 spiro atoms. The maximum Gasteiger partial charge on any atom is 0.309 e. The summed E-state index contributed by atoms with van der Waals surface area (Å²) in [4.78, 5) is 13.6. The summed E-state index contributed by atoms with van der Waals surface area (Å²) < 4.78 is 5.81. The van der Waals surface area contributed by atoms with Crippen molar-refractivity contribution in [3.05, 3.63) is 64.1 Å². The van der Waals surface area contributed by atoms with Crippen molar-refractivity contribution in [1.29, 1.82) is 0 Å². The lowest BCUT2D eigenvalue weighted by Crippen LogP contribution is -2.18. The van der Waals surface area contributed by atoms with Gasteiger partial charge in [0, 0.05) is 23.8 Å². The number of anilines is 1. The van der Waals surface area contributed by atoms with Crippen molar-refractivity contribution in [2.45, 2.75) is 13.0 Å². The lowest BCUT2D eigenvalue weighted by atomic mass is 10.0. The molecule has 0 N–H and O–H groups in total. The maximum absolute atomic E-state index is 11.5. The Balaban J connectivity index is 2.17. The molecule has 0 saturated carbocycles. The first-order valence-electron chi connectivity index (χ1n) is 6.70. The van der Waals surface area contributed by atoms with Crippen LogP contribution in [0.3, 0.4) is 0 Å². The maximum atomic E-state index is 11.5. The van der Waals surface area contributed by atoms with Gasteiger partial charge in [-0.2, -0.15) is 0 Å². The summed E-state index contributed by atoms with van der Waals surface area (Å²) in [6.45, 7) is 0.740. The zero-order valence-corrected chi connectivity index (χ0v) is 13.8. The minimum Gasteiger partial charge on any atom is -0.469 e. The summed E-state index contributed by atoms with van der Waals surface area (Å²) in [5.74, 6) is -0.215. The van der Waals surface area contributed by atoms with Crippen LogP contribution >= 0.6 is 15.9 Å². The molecule has 0 radical (unpaired) electrons. The van der Waals surface area contributed by atoms with Gasteiger partial charge in [-0.05, 0) is 29.3 Å². The number of esters is 1. The molecule has 0 heterocycles. The van der Waals surface area contributed by atoms with E-state index in [0.717, 1.165) is 27.8 Å². The minimum absolute atomic E-state index is 0.215. The van der Waals surface area contributed by atoms with Crippen LogP contribution in [0.25, 0.3) is 0 Å². The number of hydrogen-bond donors (Lipinski definition) is 0. The fraction of sp³-hybridized carbons (Fsp3) is 0.235. The monoisotopic (exact) mass is 347 g/mol. The van der Waals surface area contributed by atoms with Gasteiger partial charge in [-0.3, -0.25) is 4.79 Å². The van der Waals surface area contributed by atoms with E-state index in [2.05, 4.69) is 33.0 Å². The average molecular weight is 348 g/mol. The van der Waals surface area contributed by atoms with Crippen molar-refractivity contribution in [2.24, 2.45) is 0 Å². The Bertz CT molecular complexity index is 628. The van der Waals surface area contributed by atoms with E-state index in [1.54, 1.807) is 0 Å². The first-order chi connectivity index (χ1) is 10.1. The number of methoxy groups -OCH3 is 1. The molecule has 0 atom stereocenters. The van der Waals surface area contributed by atoms with Crippen molar-refractivity contribution in [1.82, 2.24) is 0 Å². The Hall–Kier alpha value is -1.81. The number of carbonyl (C=O) groups excluding carboxylic acids is 1. The molecule has 0 bridgehead atoms. The third-order valence-corrected chi connectivity index (χ3v) is 3.83. The second-order valence-corrected chi connectivity index (χ2v) is 5.77. The molecule has 0 aliphatic rings. The molecule has 0 unspecified atom stereocenters. The molecule has 0 saturated heterocycles. The van der Waals surface area contributed by atoms with Crippen LogP contribution in [0, 0.1) is 0 Å². The van der Waals surface area contributed by atoms with Gasteiger partial charge < -0.3 is 9.64 Å². The number of nitrogens with zero attached hydrogens (tertiary/aromatic N) is 1. The van der Waals surface area contributed by atoms with E-state index in [1.165, 1.54) is 7.11 Å². The highest BCUT2D eigenvalue weighted by molar-refractivity contribution is 9.10. The van der Waals surface area contributed by atoms with Crippen molar-refractivity contribution in [2.75, 3.05) is 19.1 Å². The highest BCUT2D eigenvalue weighted by Gasteiger charge is 2.10. The molecule has 0 amide bonds. The Kier molecular flexibility index (Phi) is 5.39. The number of hydrogen-bond acceptors (Lipinski definition) is 3. The fourth-order valence-corrected chi connectivity index (χ4v) is 2.56. The van der Waals surface area contributed by atoms with E-state index in [0.29, 0.717) is 6.42 Å². The Morgan fingerprint density at radius 1 is 1.14 bits per heavy atom. The van der Waals surface area contributed by atoms with Crippen molar-refractivity contribution < 1.29 is 9.53 Å². The summed E-state index contributed by atoms with van der Waals surface area (Å²) in [5, 5.41) is 0. The predicted octanol–water partition coefficient (Wildman–Crippen LogP) is 3.80. The molecule has 2 aromatic carbocycles. The zero-order valence-electron chi connectivity index (χ0n) is 12.2. The molecule has 0 aliphatic heterocycles. The topological polar surface area (TPSA) is 29.5 Å². The summed E-state index contributed by atoms with van der Waals surface area (Å²) in [6, 6.07) is 16.1. The summed E-state index contributed by atoms with van der Waals surface area (Å²) in [5.41, 5.74) is 3.26. The van der Waals surface area contributed by atoms with Crippen LogP contribution in [-0.2, 0) is 22.5 Å². The third kappa shape index (κ3) is 4.33. The largest absolute Gasteiger partial charge is 0.469 e. The highest BCUT2D eigenvalue weighted by atomic mass is 79.9. The average Bonchev–Trinajstić information content (AvgIpc) is 2.49. The molecule has 3 nitrogen and oxygen atoms in total. The zero-order chi connectivity index (χ0) is 15.2. The normalized spacial score (nSPS) is 10.2. The van der Waals surface area contributed by atoms with Crippen molar-refractivity contribution in [3.63, 3.8) is 0 Å². The minimum atomic E-state index is -0.215. The van der Waals surface area contributed by atoms with E-state index >= 15 is 0 Å². The number of halogens is 1. The quantitative estimate of drug-likeness (QED) is 0.770. The van der Waals surface area contributed by atoms with Gasteiger partial charge in [0.1, 0.15) is 0 Å². The van der Waals surface area contributed by atoms with Gasteiger partial charge in [0.15, 0.2) is 0 Å². The second kappa shape index (κ2) is 7.27. The number of rotatable bonds is 5. The summed E-state index contributed by atoms with van der Waals surface area (Å²) in [7, 11) is 3.45. The van der Waals surface area contributed by atoms with Gasteiger partial charge in [0.2, 0.25) is 0 Å². The van der Waals surface area contributed by atoms with E-state index in [1.807, 2.05) is 43.4 Å². The first kappa shape index (κ1) is 15.6. The van der Waals surface area contributed by atoms with E-state index in [9.17, 15) is 4.79 Å². The molecule has 110 valence electrons. The van der Waals surface area contributed by atoms with Crippen molar-refractivity contribution in [3.8, 4) is 0 Å². The number of carbonyl (C=O) groups is 1. The van der Waals surface area contributed by atoms with Crippen LogP contribution in [0.4, 0.5) is 5.69 Å². The first-order valence-corrected chi connectivity index (χ1v) is 7.49. The number of benzene rings is 2. The molecule has 2 rings (SSSR count). The van der Waals surface area contributed by atoms with Gasteiger partial charge in [-0.25, -0.2) is 0 Å². The SMILES string of the molecule is COC(=O)Cc1ccccc1CN(C)c1cccc(Br)c1. The van der Waals surface area contributed by atoms with Crippen LogP contribution in [0.15, 0.2) is 53.0 Å². The number of ether oxygens (including phenoxy) is 1. The lowest BCUT2D eigenvalue weighted by Gasteiger charge is -2.21. The molecule has 0 aliphatic carbocycles. The molecule has 0 aromatic heterocycles. The van der Waals surface area contributed by atoms with Crippen LogP contribution in [-0.4, -0.2) is 20.1 Å². The van der Waals surface area contributed by atoms with Gasteiger partial charge >= 0.3 is 5.97 Å². The Labute approximate surface area is 133 Å². The highest BCUT2D eigenvalue weighted by Crippen LogP contribution is 2.21. The molecule has 2 aromatic rings. The lowest BCUT2D eigenvalue weighted by molar-refractivity contribution is -0.139. The smallest absolute Gasteiger partial charge is 0.309 e. The summed E-state index contributed by atoms with van der Waals surface area (Å²) in [6.07, 6.45) is 0.305. The predicted molar refractivity (Wildman–Crippen MR) is 88.4 cm³/mol. The molecular weight excluding hydrogens is 330 g/mol. The molecule has 0 fully saturated rings. The third-order valence-electron chi connectivity index (χ3n) is 3.34. The van der Waals surface area contributed by atoms with Gasteiger partial charge in [0.05, 0.1) is 13.5 Å². The van der Waals surface area contributed by atoms with Gasteiger partial charge in [0.25, 0.3) is 0 Å². The van der Waals surface area contributed by atoms with E-state index in [-0.39, 0.29) is 5.97 Å².